The third-order valence-corrected chi connectivity index (χ3v) is 10.3. The first-order valence-electron chi connectivity index (χ1n) is 16.6. The smallest absolute Gasteiger partial charge is 0.328 e. The third-order valence-electron chi connectivity index (χ3n) is 10.3. The van der Waals surface area contributed by atoms with Gasteiger partial charge < -0.3 is 24.4 Å². The van der Waals surface area contributed by atoms with E-state index in [0.717, 1.165) is 53.5 Å². The molecule has 0 saturated carbocycles. The summed E-state index contributed by atoms with van der Waals surface area (Å²) in [5, 5.41) is 12.9. The van der Waals surface area contributed by atoms with Crippen LogP contribution in [0.4, 0.5) is 10.5 Å². The molecule has 3 aromatic rings. The number of hydrogen-bond acceptors (Lipinski definition) is 8. The number of ether oxygens (including phenoxy) is 2. The molecule has 4 saturated heterocycles. The first kappa shape index (κ1) is 30.8. The lowest BCUT2D eigenvalue weighted by molar-refractivity contribution is -0.133. The Bertz CT molecular complexity index is 1620. The number of hydrogen-bond donors (Lipinski definition) is 1. The van der Waals surface area contributed by atoms with Crippen LogP contribution >= 0.6 is 0 Å². The minimum atomic E-state index is -0.916. The molecule has 4 fully saturated rings. The van der Waals surface area contributed by atoms with Crippen LogP contribution in [0.25, 0.3) is 10.8 Å². The van der Waals surface area contributed by atoms with Crippen molar-refractivity contribution in [1.29, 1.82) is 0 Å². The first-order chi connectivity index (χ1) is 22.3. The second-order valence-electron chi connectivity index (χ2n) is 13.4. The SMILES string of the molecule is CCCOc1ccc(CN2C[C@H]3CC(c4ccc(N(C)C)c5ccccc45)N4C(=O)N(CCN5CCOCC5)C(=O)[C@]34C2)cc1O. The predicted molar refractivity (Wildman–Crippen MR) is 177 cm³/mol. The summed E-state index contributed by atoms with van der Waals surface area (Å²) in [6.07, 6.45) is 1.59. The minimum absolute atomic E-state index is 0.00428. The van der Waals surface area contributed by atoms with E-state index < -0.39 is 5.54 Å². The Morgan fingerprint density at radius 1 is 1.00 bits per heavy atom. The van der Waals surface area contributed by atoms with E-state index in [1.165, 1.54) is 4.90 Å². The second kappa shape index (κ2) is 12.4. The summed E-state index contributed by atoms with van der Waals surface area (Å²) in [4.78, 5) is 39.2. The van der Waals surface area contributed by atoms with Gasteiger partial charge in [0.15, 0.2) is 11.5 Å². The highest BCUT2D eigenvalue weighted by Crippen LogP contribution is 2.56. The van der Waals surface area contributed by atoms with Crippen LogP contribution in [-0.2, 0) is 16.1 Å². The normalized spacial score (nSPS) is 25.0. The fourth-order valence-corrected chi connectivity index (χ4v) is 8.18. The quantitative estimate of drug-likeness (QED) is 0.333. The molecule has 3 aromatic carbocycles. The predicted octanol–water partition coefficient (Wildman–Crippen LogP) is 4.31. The van der Waals surface area contributed by atoms with Gasteiger partial charge in [-0.05, 0) is 47.6 Å². The number of phenolic OH excluding ortho intramolecular Hbond substituents is 1. The fourth-order valence-electron chi connectivity index (χ4n) is 8.18. The Labute approximate surface area is 271 Å². The van der Waals surface area contributed by atoms with Gasteiger partial charge in [-0.15, -0.1) is 0 Å². The van der Waals surface area contributed by atoms with Gasteiger partial charge in [0.05, 0.1) is 25.9 Å². The average Bonchev–Trinajstić information content (AvgIpc) is 3.63. The minimum Gasteiger partial charge on any atom is -0.504 e. The molecule has 4 heterocycles. The van der Waals surface area contributed by atoms with Gasteiger partial charge in [0, 0.05) is 76.9 Å². The molecule has 244 valence electrons. The maximum absolute atomic E-state index is 14.6. The lowest BCUT2D eigenvalue weighted by Gasteiger charge is -2.32. The number of carbonyl (C=O) groups excluding carboxylic acids is 2. The van der Waals surface area contributed by atoms with Crippen LogP contribution in [0.1, 0.15) is 36.9 Å². The molecule has 46 heavy (non-hydrogen) atoms. The number of imide groups is 1. The summed E-state index contributed by atoms with van der Waals surface area (Å²) in [5.74, 6) is 0.535. The highest BCUT2D eigenvalue weighted by molar-refractivity contribution is 6.09. The lowest BCUT2D eigenvalue weighted by Crippen LogP contribution is -2.51. The van der Waals surface area contributed by atoms with Gasteiger partial charge in [0.1, 0.15) is 5.54 Å². The highest BCUT2D eigenvalue weighted by atomic mass is 16.5. The Balaban J connectivity index is 1.21. The van der Waals surface area contributed by atoms with Crippen LogP contribution in [0.2, 0.25) is 0 Å². The number of nitrogens with zero attached hydrogens (tertiary/aromatic N) is 5. The van der Waals surface area contributed by atoms with Crippen LogP contribution in [0, 0.1) is 5.92 Å². The Hall–Kier alpha value is -3.86. The number of carbonyl (C=O) groups is 2. The number of benzene rings is 3. The highest BCUT2D eigenvalue weighted by Gasteiger charge is 2.70. The fraction of sp³-hybridized carbons (Fsp3) is 0.500. The van der Waals surface area contributed by atoms with Crippen LogP contribution in [0.3, 0.4) is 0 Å². The third kappa shape index (κ3) is 5.16. The molecule has 3 atom stereocenters. The number of amides is 3. The summed E-state index contributed by atoms with van der Waals surface area (Å²) in [7, 11) is 4.09. The van der Waals surface area contributed by atoms with E-state index in [1.54, 1.807) is 6.07 Å². The van der Waals surface area contributed by atoms with E-state index in [0.29, 0.717) is 58.3 Å². The van der Waals surface area contributed by atoms with Gasteiger partial charge in [-0.2, -0.15) is 0 Å². The Morgan fingerprint density at radius 3 is 2.52 bits per heavy atom. The van der Waals surface area contributed by atoms with Crippen molar-refractivity contribution >= 4 is 28.4 Å². The van der Waals surface area contributed by atoms with Gasteiger partial charge in [0.2, 0.25) is 0 Å². The molecule has 7 rings (SSSR count). The number of rotatable bonds is 10. The van der Waals surface area contributed by atoms with Crippen molar-refractivity contribution in [3.05, 3.63) is 65.7 Å². The van der Waals surface area contributed by atoms with Crippen molar-refractivity contribution in [1.82, 2.24) is 19.6 Å². The average molecular weight is 628 g/mol. The van der Waals surface area contributed by atoms with Crippen molar-refractivity contribution in [3.8, 4) is 11.5 Å². The molecule has 0 radical (unpaired) electrons. The van der Waals surface area contributed by atoms with Crippen LogP contribution < -0.4 is 9.64 Å². The van der Waals surface area contributed by atoms with Crippen LogP contribution in [-0.4, -0.2) is 115 Å². The molecule has 1 spiro atoms. The summed E-state index contributed by atoms with van der Waals surface area (Å²) in [5.41, 5.74) is 2.27. The molecule has 10 heteroatoms. The van der Waals surface area contributed by atoms with E-state index in [2.05, 4.69) is 51.1 Å². The van der Waals surface area contributed by atoms with E-state index in [1.807, 2.05) is 38.1 Å². The van der Waals surface area contributed by atoms with Gasteiger partial charge in [0.25, 0.3) is 5.91 Å². The van der Waals surface area contributed by atoms with Gasteiger partial charge in [-0.25, -0.2) is 4.79 Å². The Kier molecular flexibility index (Phi) is 8.29. The number of anilines is 1. The number of fused-ring (bicyclic) bond motifs is 1. The summed E-state index contributed by atoms with van der Waals surface area (Å²) in [6, 6.07) is 17.9. The van der Waals surface area contributed by atoms with Gasteiger partial charge >= 0.3 is 6.03 Å². The van der Waals surface area contributed by atoms with E-state index in [-0.39, 0.29) is 29.6 Å². The topological polar surface area (TPSA) is 89.0 Å². The van der Waals surface area contributed by atoms with Crippen molar-refractivity contribution < 1.29 is 24.2 Å². The maximum atomic E-state index is 14.6. The second-order valence-corrected chi connectivity index (χ2v) is 13.4. The molecule has 4 aliphatic rings. The first-order valence-corrected chi connectivity index (χ1v) is 16.6. The monoisotopic (exact) mass is 627 g/mol. The van der Waals surface area contributed by atoms with Crippen LogP contribution in [0.5, 0.6) is 11.5 Å². The number of phenols is 1. The number of likely N-dealkylation sites (tertiary alicyclic amines) is 1. The number of aromatic hydroxyl groups is 1. The molecular weight excluding hydrogens is 582 g/mol. The number of morpholine rings is 1. The zero-order chi connectivity index (χ0) is 32.0. The molecule has 4 aliphatic heterocycles. The van der Waals surface area contributed by atoms with E-state index in [9.17, 15) is 14.7 Å². The van der Waals surface area contributed by atoms with Gasteiger partial charge in [-0.1, -0.05) is 43.3 Å². The largest absolute Gasteiger partial charge is 0.504 e. The van der Waals surface area contributed by atoms with Crippen molar-refractivity contribution in [2.75, 3.05) is 78.1 Å². The molecule has 0 aromatic heterocycles. The number of urea groups is 1. The summed E-state index contributed by atoms with van der Waals surface area (Å²) >= 11 is 0. The molecule has 3 amide bonds. The summed E-state index contributed by atoms with van der Waals surface area (Å²) < 4.78 is 11.2. The standard InChI is InChI=1S/C36H45N5O5/c1-4-17-46-33-12-9-25(20-32(33)42)22-39-23-26-21-31(29-10-11-30(37(2)3)28-8-6-5-7-27(28)29)41-35(44)40(34(43)36(26,41)24-39)14-13-38-15-18-45-19-16-38/h5-12,20,26,31,42H,4,13-19,21-24H2,1-3H3/t26-,31?,36+/m1/s1. The molecule has 10 nitrogen and oxygen atoms in total. The van der Waals surface area contributed by atoms with Crippen LogP contribution in [0.15, 0.2) is 54.6 Å². The van der Waals surface area contributed by atoms with E-state index in [4.69, 9.17) is 9.47 Å². The molecule has 0 bridgehead atoms. The zero-order valence-electron chi connectivity index (χ0n) is 27.2. The molecular formula is C36H45N5O5. The molecule has 1 unspecified atom stereocenters. The Morgan fingerprint density at radius 2 is 1.78 bits per heavy atom. The van der Waals surface area contributed by atoms with Gasteiger partial charge in [-0.3, -0.25) is 19.5 Å². The van der Waals surface area contributed by atoms with Crippen molar-refractivity contribution in [2.24, 2.45) is 5.92 Å². The summed E-state index contributed by atoms with van der Waals surface area (Å²) in [6.45, 7) is 8.32. The lowest BCUT2D eigenvalue weighted by atomic mass is 9.87. The van der Waals surface area contributed by atoms with Crippen molar-refractivity contribution in [2.45, 2.75) is 37.9 Å². The molecule has 1 N–H and O–H groups in total. The van der Waals surface area contributed by atoms with E-state index >= 15 is 0 Å². The van der Waals surface area contributed by atoms with Crippen molar-refractivity contribution in [3.63, 3.8) is 0 Å². The molecule has 0 aliphatic carbocycles. The zero-order valence-corrected chi connectivity index (χ0v) is 27.2. The maximum Gasteiger partial charge on any atom is 0.328 e.